The van der Waals surface area contributed by atoms with Crippen molar-refractivity contribution in [1.82, 2.24) is 0 Å². The molecule has 0 saturated heterocycles. The Bertz CT molecular complexity index is 240. The second-order valence-corrected chi connectivity index (χ2v) is 2.99. The Morgan fingerprint density at radius 1 is 1.21 bits per heavy atom. The van der Waals surface area contributed by atoms with Gasteiger partial charge in [-0.15, -0.1) is 0 Å². The number of aliphatic hydroxyl groups is 1. The molecule has 4 heteroatoms. The zero-order valence-corrected chi connectivity index (χ0v) is 7.93. The number of benzene rings is 1. The van der Waals surface area contributed by atoms with E-state index in [0.29, 0.717) is 6.61 Å². The average molecular weight is 197 g/mol. The molecule has 0 amide bonds. The normalized spacial score (nSPS) is 12.7. The molecule has 0 bridgehead atoms. The Hall–Kier alpha value is -0.940. The van der Waals surface area contributed by atoms with E-state index < -0.39 is 6.10 Å². The minimum absolute atomic E-state index is 0.0921. The van der Waals surface area contributed by atoms with Gasteiger partial charge in [0.1, 0.15) is 6.10 Å². The first-order valence-electron chi connectivity index (χ1n) is 4.44. The first-order chi connectivity index (χ1) is 6.83. The van der Waals surface area contributed by atoms with E-state index in [1.807, 2.05) is 30.3 Å². The summed E-state index contributed by atoms with van der Waals surface area (Å²) >= 11 is 0. The molecule has 1 aromatic carbocycles. The summed E-state index contributed by atoms with van der Waals surface area (Å²) in [6.45, 7) is 0.809. The largest absolute Gasteiger partial charge is 0.388 e. The van der Waals surface area contributed by atoms with E-state index in [2.05, 4.69) is 4.84 Å². The third kappa shape index (κ3) is 4.34. The third-order valence-corrected chi connectivity index (χ3v) is 1.71. The van der Waals surface area contributed by atoms with Gasteiger partial charge in [0.15, 0.2) is 0 Å². The summed E-state index contributed by atoms with van der Waals surface area (Å²) < 4.78 is 5.25. The molecule has 0 aliphatic carbocycles. The topological polar surface area (TPSA) is 64.7 Å². The van der Waals surface area contributed by atoms with Crippen molar-refractivity contribution in [3.8, 4) is 0 Å². The van der Waals surface area contributed by atoms with Crippen LogP contribution in [0.4, 0.5) is 0 Å². The molecule has 0 aliphatic rings. The quantitative estimate of drug-likeness (QED) is 0.650. The van der Waals surface area contributed by atoms with Crippen molar-refractivity contribution in [1.29, 1.82) is 0 Å². The highest BCUT2D eigenvalue weighted by molar-refractivity contribution is 5.13. The molecule has 14 heavy (non-hydrogen) atoms. The van der Waals surface area contributed by atoms with Crippen molar-refractivity contribution in [2.45, 2.75) is 12.7 Å². The highest BCUT2D eigenvalue weighted by atomic mass is 16.6. The van der Waals surface area contributed by atoms with Crippen molar-refractivity contribution < 1.29 is 14.7 Å². The third-order valence-electron chi connectivity index (χ3n) is 1.71. The van der Waals surface area contributed by atoms with Crippen molar-refractivity contribution in [2.24, 2.45) is 5.90 Å². The van der Waals surface area contributed by atoms with Gasteiger partial charge < -0.3 is 14.7 Å². The van der Waals surface area contributed by atoms with Crippen molar-refractivity contribution in [3.63, 3.8) is 0 Å². The molecule has 1 rings (SSSR count). The Morgan fingerprint density at radius 3 is 2.57 bits per heavy atom. The minimum atomic E-state index is -0.663. The van der Waals surface area contributed by atoms with Gasteiger partial charge in [-0.25, -0.2) is 5.90 Å². The highest BCUT2D eigenvalue weighted by Gasteiger charge is 2.03. The monoisotopic (exact) mass is 197 g/mol. The molecule has 0 fully saturated rings. The molecular weight excluding hydrogens is 182 g/mol. The lowest BCUT2D eigenvalue weighted by atomic mass is 10.2. The summed E-state index contributed by atoms with van der Waals surface area (Å²) in [5, 5.41) is 9.20. The van der Waals surface area contributed by atoms with Crippen LogP contribution in [-0.4, -0.2) is 24.4 Å². The second kappa shape index (κ2) is 6.50. The fourth-order valence-corrected chi connectivity index (χ4v) is 1.05. The Balaban J connectivity index is 2.16. The molecule has 0 radical (unpaired) electrons. The number of ether oxygens (including phenoxy) is 1. The fourth-order valence-electron chi connectivity index (χ4n) is 1.05. The maximum Gasteiger partial charge on any atom is 0.103 e. The summed E-state index contributed by atoms with van der Waals surface area (Å²) in [6.07, 6.45) is -0.663. The fraction of sp³-hybridized carbons (Fsp3) is 0.400. The molecule has 0 spiro atoms. The average Bonchev–Trinajstić information content (AvgIpc) is 2.20. The zero-order chi connectivity index (χ0) is 10.2. The summed E-state index contributed by atoms with van der Waals surface area (Å²) in [5.41, 5.74) is 1.08. The van der Waals surface area contributed by atoms with Gasteiger partial charge in [0, 0.05) is 0 Å². The second-order valence-electron chi connectivity index (χ2n) is 2.99. The van der Waals surface area contributed by atoms with E-state index in [1.165, 1.54) is 0 Å². The standard InChI is InChI=1S/C10H15NO3/c11-14-8-10(12)7-13-6-9-4-2-1-3-5-9/h1-5,10,12H,6-8,11H2. The first kappa shape index (κ1) is 11.1. The molecule has 4 nitrogen and oxygen atoms in total. The zero-order valence-electron chi connectivity index (χ0n) is 7.93. The summed E-state index contributed by atoms with van der Waals surface area (Å²) in [7, 11) is 0. The van der Waals surface area contributed by atoms with E-state index in [1.54, 1.807) is 0 Å². The van der Waals surface area contributed by atoms with E-state index in [4.69, 9.17) is 10.6 Å². The molecule has 0 aliphatic heterocycles. The van der Waals surface area contributed by atoms with Crippen LogP contribution in [-0.2, 0) is 16.2 Å². The van der Waals surface area contributed by atoms with E-state index >= 15 is 0 Å². The number of nitrogens with two attached hydrogens (primary N) is 1. The Morgan fingerprint density at radius 2 is 1.93 bits per heavy atom. The van der Waals surface area contributed by atoms with Crippen LogP contribution in [0, 0.1) is 0 Å². The van der Waals surface area contributed by atoms with Gasteiger partial charge in [-0.3, -0.25) is 0 Å². The van der Waals surface area contributed by atoms with Gasteiger partial charge in [-0.05, 0) is 5.56 Å². The summed E-state index contributed by atoms with van der Waals surface area (Å²) in [6, 6.07) is 9.76. The van der Waals surface area contributed by atoms with Crippen LogP contribution in [0.1, 0.15) is 5.56 Å². The molecule has 1 aromatic rings. The molecule has 3 N–H and O–H groups in total. The van der Waals surface area contributed by atoms with Gasteiger partial charge in [0.25, 0.3) is 0 Å². The van der Waals surface area contributed by atoms with E-state index in [0.717, 1.165) is 5.56 Å². The van der Waals surface area contributed by atoms with Crippen LogP contribution in [0.3, 0.4) is 0 Å². The van der Waals surface area contributed by atoms with Gasteiger partial charge in [-0.1, -0.05) is 30.3 Å². The maximum absolute atomic E-state index is 9.20. The van der Waals surface area contributed by atoms with Gasteiger partial charge >= 0.3 is 0 Å². The van der Waals surface area contributed by atoms with Crippen molar-refractivity contribution in [3.05, 3.63) is 35.9 Å². The Kier molecular flexibility index (Phi) is 5.17. The van der Waals surface area contributed by atoms with Crippen LogP contribution in [0.15, 0.2) is 30.3 Å². The minimum Gasteiger partial charge on any atom is -0.388 e. The SMILES string of the molecule is NOCC(O)COCc1ccccc1. The predicted octanol–water partition coefficient (Wildman–Crippen LogP) is 0.454. The van der Waals surface area contributed by atoms with Crippen LogP contribution in [0.2, 0.25) is 0 Å². The van der Waals surface area contributed by atoms with Crippen LogP contribution in [0.5, 0.6) is 0 Å². The smallest absolute Gasteiger partial charge is 0.103 e. The molecule has 1 atom stereocenters. The number of hydrogen-bond acceptors (Lipinski definition) is 4. The van der Waals surface area contributed by atoms with Gasteiger partial charge in [0.05, 0.1) is 19.8 Å². The summed E-state index contributed by atoms with van der Waals surface area (Å²) in [5.74, 6) is 4.80. The molecule has 1 unspecified atom stereocenters. The highest BCUT2D eigenvalue weighted by Crippen LogP contribution is 2.00. The lowest BCUT2D eigenvalue weighted by Crippen LogP contribution is -2.23. The lowest BCUT2D eigenvalue weighted by Gasteiger charge is -2.09. The van der Waals surface area contributed by atoms with Gasteiger partial charge in [-0.2, -0.15) is 0 Å². The number of rotatable bonds is 6. The number of aliphatic hydroxyl groups excluding tert-OH is 1. The first-order valence-corrected chi connectivity index (χ1v) is 4.44. The number of hydrogen-bond donors (Lipinski definition) is 2. The molecule has 0 saturated carbocycles. The van der Waals surface area contributed by atoms with Crippen LogP contribution >= 0.6 is 0 Å². The molecule has 78 valence electrons. The van der Waals surface area contributed by atoms with E-state index in [9.17, 15) is 5.11 Å². The summed E-state index contributed by atoms with van der Waals surface area (Å²) in [4.78, 5) is 4.28. The maximum atomic E-state index is 9.20. The van der Waals surface area contributed by atoms with E-state index in [-0.39, 0.29) is 13.2 Å². The van der Waals surface area contributed by atoms with Crippen molar-refractivity contribution in [2.75, 3.05) is 13.2 Å². The molecular formula is C10H15NO3. The lowest BCUT2D eigenvalue weighted by molar-refractivity contribution is -0.0239. The molecule has 0 heterocycles. The van der Waals surface area contributed by atoms with Crippen LogP contribution < -0.4 is 5.90 Å². The van der Waals surface area contributed by atoms with Gasteiger partial charge in [0.2, 0.25) is 0 Å². The molecule has 0 aromatic heterocycles. The predicted molar refractivity (Wildman–Crippen MR) is 52.2 cm³/mol. The van der Waals surface area contributed by atoms with Crippen molar-refractivity contribution >= 4 is 0 Å². The Labute approximate surface area is 83.2 Å². The van der Waals surface area contributed by atoms with Crippen LogP contribution in [0.25, 0.3) is 0 Å².